The first-order valence-corrected chi connectivity index (χ1v) is 12.1. The minimum atomic E-state index is -0.865. The number of hydrogen-bond donors (Lipinski definition) is 0. The summed E-state index contributed by atoms with van der Waals surface area (Å²) in [6, 6.07) is 14.3. The highest BCUT2D eigenvalue weighted by molar-refractivity contribution is 6.35. The monoisotopic (exact) mass is 520 g/mol. The number of hydrogen-bond acceptors (Lipinski definition) is 2. The molecule has 3 aromatic carbocycles. The fraction of sp³-hybridized carbons (Fsp3) is 0.269. The molecule has 0 N–H and O–H groups in total. The van der Waals surface area contributed by atoms with Gasteiger partial charge in [0.05, 0.1) is 0 Å². The topological polar surface area (TPSA) is 23.6 Å². The van der Waals surface area contributed by atoms with Crippen molar-refractivity contribution in [1.82, 2.24) is 4.90 Å². The van der Waals surface area contributed by atoms with Crippen LogP contribution in [0, 0.1) is 11.6 Å². The highest BCUT2D eigenvalue weighted by atomic mass is 35.5. The standard InChI is InChI=1S/C26H21Cl3F2N2O/c27-17-6-7-23-19(12-17)26(15-33(23)25(34)24-21(30)2-1-3-22(24)31)8-10-32(11-9-26)14-16-4-5-18(28)13-20(16)29/h1-7,12-13H,8-11,14-15H2. The van der Waals surface area contributed by atoms with Crippen molar-refractivity contribution in [2.75, 3.05) is 24.5 Å². The number of amides is 1. The number of halogens is 5. The Morgan fingerprint density at radius 3 is 2.24 bits per heavy atom. The number of nitrogens with zero attached hydrogens (tertiary/aromatic N) is 2. The molecule has 2 aliphatic rings. The molecular formula is C26H21Cl3F2N2O. The van der Waals surface area contributed by atoms with Crippen molar-refractivity contribution in [3.8, 4) is 0 Å². The zero-order valence-electron chi connectivity index (χ0n) is 18.1. The fourth-order valence-electron chi connectivity index (χ4n) is 5.12. The second-order valence-electron chi connectivity index (χ2n) is 8.94. The van der Waals surface area contributed by atoms with Gasteiger partial charge in [-0.3, -0.25) is 9.69 Å². The first-order valence-electron chi connectivity index (χ1n) is 11.0. The van der Waals surface area contributed by atoms with Gasteiger partial charge < -0.3 is 4.90 Å². The van der Waals surface area contributed by atoms with Gasteiger partial charge in [-0.2, -0.15) is 0 Å². The summed E-state index contributed by atoms with van der Waals surface area (Å²) >= 11 is 18.7. The average Bonchev–Trinajstić information content (AvgIpc) is 3.10. The molecule has 8 heteroatoms. The van der Waals surface area contributed by atoms with Crippen molar-refractivity contribution >= 4 is 46.4 Å². The van der Waals surface area contributed by atoms with Crippen LogP contribution in [0.5, 0.6) is 0 Å². The molecule has 5 rings (SSSR count). The largest absolute Gasteiger partial charge is 0.307 e. The zero-order valence-corrected chi connectivity index (χ0v) is 20.4. The first-order chi connectivity index (χ1) is 16.3. The predicted molar refractivity (Wildman–Crippen MR) is 132 cm³/mol. The number of carbonyl (C=O) groups excluding carboxylic acids is 1. The molecule has 0 radical (unpaired) electrons. The zero-order chi connectivity index (χ0) is 24.0. The quantitative estimate of drug-likeness (QED) is 0.366. The van der Waals surface area contributed by atoms with Crippen LogP contribution in [0.3, 0.4) is 0 Å². The Labute approximate surface area is 211 Å². The van der Waals surface area contributed by atoms with E-state index < -0.39 is 23.1 Å². The minimum Gasteiger partial charge on any atom is -0.307 e. The summed E-state index contributed by atoms with van der Waals surface area (Å²) in [7, 11) is 0. The van der Waals surface area contributed by atoms with Crippen LogP contribution in [0.4, 0.5) is 14.5 Å². The molecule has 3 aromatic rings. The Morgan fingerprint density at radius 1 is 0.912 bits per heavy atom. The van der Waals surface area contributed by atoms with Crippen LogP contribution in [-0.4, -0.2) is 30.4 Å². The second-order valence-corrected chi connectivity index (χ2v) is 10.2. The number of piperidine rings is 1. The first kappa shape index (κ1) is 23.6. The van der Waals surface area contributed by atoms with Crippen LogP contribution in [0.2, 0.25) is 15.1 Å². The number of fused-ring (bicyclic) bond motifs is 2. The summed E-state index contributed by atoms with van der Waals surface area (Å²) in [6.07, 6.45) is 1.55. The van der Waals surface area contributed by atoms with Crippen LogP contribution in [0.15, 0.2) is 54.6 Å². The lowest BCUT2D eigenvalue weighted by molar-refractivity contribution is 0.0967. The molecule has 3 nitrogen and oxygen atoms in total. The van der Waals surface area contributed by atoms with Gasteiger partial charge in [-0.1, -0.05) is 46.9 Å². The molecule has 1 amide bonds. The minimum absolute atomic E-state index is 0.335. The molecule has 0 unspecified atom stereocenters. The van der Waals surface area contributed by atoms with Gasteiger partial charge in [0.2, 0.25) is 0 Å². The number of benzene rings is 3. The van der Waals surface area contributed by atoms with E-state index in [2.05, 4.69) is 4.90 Å². The van der Waals surface area contributed by atoms with E-state index >= 15 is 0 Å². The van der Waals surface area contributed by atoms with E-state index in [0.717, 1.165) is 49.2 Å². The molecule has 1 saturated heterocycles. The van der Waals surface area contributed by atoms with Gasteiger partial charge in [-0.25, -0.2) is 8.78 Å². The van der Waals surface area contributed by atoms with Gasteiger partial charge in [0.15, 0.2) is 0 Å². The molecule has 0 aliphatic carbocycles. The molecular weight excluding hydrogens is 501 g/mol. The van der Waals surface area contributed by atoms with Crippen molar-refractivity contribution in [2.45, 2.75) is 24.8 Å². The number of carbonyl (C=O) groups is 1. The summed E-state index contributed by atoms with van der Waals surface area (Å²) in [6.45, 7) is 2.60. The van der Waals surface area contributed by atoms with Crippen molar-refractivity contribution in [3.05, 3.63) is 98.0 Å². The lowest BCUT2D eigenvalue weighted by atomic mass is 9.74. The highest BCUT2D eigenvalue weighted by Gasteiger charge is 2.47. The fourth-order valence-corrected chi connectivity index (χ4v) is 5.76. The van der Waals surface area contributed by atoms with Gasteiger partial charge in [0.25, 0.3) is 5.91 Å². The maximum Gasteiger partial charge on any atom is 0.264 e. The molecule has 176 valence electrons. The van der Waals surface area contributed by atoms with E-state index in [4.69, 9.17) is 34.8 Å². The Balaban J connectivity index is 1.41. The summed E-state index contributed by atoms with van der Waals surface area (Å²) in [5, 5.41) is 1.80. The van der Waals surface area contributed by atoms with E-state index in [9.17, 15) is 13.6 Å². The average molecular weight is 522 g/mol. The number of anilines is 1. The maximum absolute atomic E-state index is 14.4. The van der Waals surface area contributed by atoms with Crippen molar-refractivity contribution in [2.24, 2.45) is 0 Å². The van der Waals surface area contributed by atoms with Crippen LogP contribution >= 0.6 is 34.8 Å². The van der Waals surface area contributed by atoms with Gasteiger partial charge in [0, 0.05) is 39.3 Å². The Bertz CT molecular complexity index is 1250. The molecule has 1 fully saturated rings. The third-order valence-electron chi connectivity index (χ3n) is 6.93. The smallest absolute Gasteiger partial charge is 0.264 e. The lowest BCUT2D eigenvalue weighted by Gasteiger charge is -2.40. The summed E-state index contributed by atoms with van der Waals surface area (Å²) in [5.41, 5.74) is 1.75. The number of likely N-dealkylation sites (tertiary alicyclic amines) is 1. The molecule has 0 atom stereocenters. The number of rotatable bonds is 3. The van der Waals surface area contributed by atoms with Crippen molar-refractivity contribution in [1.29, 1.82) is 0 Å². The SMILES string of the molecule is O=C(c1c(F)cccc1F)N1CC2(CCN(Cc3ccc(Cl)cc3Cl)CC2)c2cc(Cl)ccc21. The molecule has 0 aromatic heterocycles. The van der Waals surface area contributed by atoms with Crippen molar-refractivity contribution < 1.29 is 13.6 Å². The van der Waals surface area contributed by atoms with Crippen LogP contribution < -0.4 is 4.90 Å². The van der Waals surface area contributed by atoms with Crippen LogP contribution in [0.1, 0.15) is 34.3 Å². The maximum atomic E-state index is 14.4. The van der Waals surface area contributed by atoms with E-state index in [1.165, 1.54) is 11.0 Å². The van der Waals surface area contributed by atoms with E-state index in [1.807, 2.05) is 18.2 Å². The molecule has 1 spiro atoms. The lowest BCUT2D eigenvalue weighted by Crippen LogP contribution is -2.46. The summed E-state index contributed by atoms with van der Waals surface area (Å²) in [4.78, 5) is 17.1. The van der Waals surface area contributed by atoms with Crippen LogP contribution in [0.25, 0.3) is 0 Å². The summed E-state index contributed by atoms with van der Waals surface area (Å²) in [5.74, 6) is -2.40. The summed E-state index contributed by atoms with van der Waals surface area (Å²) < 4.78 is 28.8. The molecule has 0 bridgehead atoms. The third kappa shape index (κ3) is 4.20. The Morgan fingerprint density at radius 2 is 1.56 bits per heavy atom. The van der Waals surface area contributed by atoms with Crippen LogP contribution in [-0.2, 0) is 12.0 Å². The third-order valence-corrected chi connectivity index (χ3v) is 7.75. The van der Waals surface area contributed by atoms with Crippen molar-refractivity contribution in [3.63, 3.8) is 0 Å². The van der Waals surface area contributed by atoms with E-state index in [1.54, 1.807) is 18.2 Å². The van der Waals surface area contributed by atoms with Gasteiger partial charge in [0.1, 0.15) is 17.2 Å². The molecule has 2 heterocycles. The van der Waals surface area contributed by atoms with Gasteiger partial charge >= 0.3 is 0 Å². The molecule has 0 saturated carbocycles. The van der Waals surface area contributed by atoms with E-state index in [0.29, 0.717) is 33.8 Å². The highest BCUT2D eigenvalue weighted by Crippen LogP contribution is 2.48. The van der Waals surface area contributed by atoms with Gasteiger partial charge in [-0.15, -0.1) is 0 Å². The second kappa shape index (κ2) is 9.12. The normalized spacial score (nSPS) is 17.3. The Kier molecular flexibility index (Phi) is 6.32. The van der Waals surface area contributed by atoms with E-state index in [-0.39, 0.29) is 5.41 Å². The Hall–Kier alpha value is -2.18. The van der Waals surface area contributed by atoms with Gasteiger partial charge in [-0.05, 0) is 79.5 Å². The molecule has 34 heavy (non-hydrogen) atoms. The molecule has 2 aliphatic heterocycles. The predicted octanol–water partition coefficient (Wildman–Crippen LogP) is 7.12.